The van der Waals surface area contributed by atoms with Gasteiger partial charge in [0.2, 0.25) is 5.55 Å². The molecular weight excluding hydrogens is 216 g/mol. The summed E-state index contributed by atoms with van der Waals surface area (Å²) in [6.45, 7) is 0.440. The molecule has 0 saturated carbocycles. The van der Waals surface area contributed by atoms with Crippen molar-refractivity contribution in [2.75, 3.05) is 17.3 Å². The second kappa shape index (κ2) is 3.55. The predicted molar refractivity (Wildman–Crippen MR) is 65.3 cm³/mol. The molecule has 1 aromatic carbocycles. The van der Waals surface area contributed by atoms with Crippen LogP contribution >= 0.6 is 0 Å². The highest BCUT2D eigenvalue weighted by molar-refractivity contribution is 5.69. The van der Waals surface area contributed by atoms with Gasteiger partial charge in [0.15, 0.2) is 0 Å². The van der Waals surface area contributed by atoms with Crippen molar-refractivity contribution < 1.29 is 4.42 Å². The molecule has 2 heterocycles. The predicted octanol–water partition coefficient (Wildman–Crippen LogP) is -0.0165. The van der Waals surface area contributed by atoms with Gasteiger partial charge in [0, 0.05) is 11.4 Å². The van der Waals surface area contributed by atoms with Crippen LogP contribution < -0.4 is 27.1 Å². The molecule has 0 fully saturated rings. The summed E-state index contributed by atoms with van der Waals surface area (Å²) in [5, 5.41) is 0.818. The summed E-state index contributed by atoms with van der Waals surface area (Å²) in [4.78, 5) is 6.21. The summed E-state index contributed by atoms with van der Waals surface area (Å²) < 4.78 is 5.22. The highest BCUT2D eigenvalue weighted by atomic mass is 16.3. The van der Waals surface area contributed by atoms with Crippen molar-refractivity contribution in [3.05, 3.63) is 47.4 Å². The molecule has 0 amide bonds. The molecule has 0 saturated heterocycles. The van der Waals surface area contributed by atoms with Gasteiger partial charge in [-0.2, -0.15) is 0 Å². The quantitative estimate of drug-likeness (QED) is 0.672. The lowest BCUT2D eigenvalue weighted by atomic mass is 10.2. The third-order valence-corrected chi connectivity index (χ3v) is 2.75. The Balaban J connectivity index is 2.14. The molecule has 4 N–H and O–H groups in total. The third kappa shape index (κ3) is 1.52. The molecule has 0 aliphatic carbocycles. The maximum atomic E-state index is 6.10. The van der Waals surface area contributed by atoms with Crippen molar-refractivity contribution in [2.45, 2.75) is 0 Å². The Labute approximate surface area is 97.7 Å². The fraction of sp³-hybridized carbons (Fsp3) is 0.0833. The van der Waals surface area contributed by atoms with Crippen LogP contribution in [-0.4, -0.2) is 6.67 Å². The molecule has 0 unspecified atom stereocenters. The van der Waals surface area contributed by atoms with Gasteiger partial charge in [0.25, 0.3) is 0 Å². The molecule has 1 aliphatic rings. The summed E-state index contributed by atoms with van der Waals surface area (Å²) >= 11 is 0. The lowest BCUT2D eigenvalue weighted by molar-refractivity contribution is 0.500. The fourth-order valence-corrected chi connectivity index (χ4v) is 1.89. The van der Waals surface area contributed by atoms with E-state index in [0.29, 0.717) is 23.7 Å². The Morgan fingerprint density at radius 1 is 1.24 bits per heavy atom. The average molecular weight is 228 g/mol. The second-order valence-electron chi connectivity index (χ2n) is 3.85. The van der Waals surface area contributed by atoms with Crippen LogP contribution in [0.2, 0.25) is 0 Å². The van der Waals surface area contributed by atoms with Crippen LogP contribution in [0.25, 0.3) is 5.82 Å². The van der Waals surface area contributed by atoms with Crippen LogP contribution in [0.5, 0.6) is 0 Å². The lowest BCUT2D eigenvalue weighted by Crippen LogP contribution is -2.42. The van der Waals surface area contributed by atoms with Gasteiger partial charge in [0.05, 0.1) is 11.5 Å². The molecule has 1 aromatic heterocycles. The summed E-state index contributed by atoms with van der Waals surface area (Å²) in [5.74, 6) is 0.634. The first-order chi connectivity index (χ1) is 8.25. The normalized spacial score (nSPS) is 14.4. The highest BCUT2D eigenvalue weighted by Crippen LogP contribution is 2.20. The molecule has 86 valence electrons. The number of fused-ring (bicyclic) bond motifs is 1. The van der Waals surface area contributed by atoms with Crippen LogP contribution in [0, 0.1) is 0 Å². The Hall–Kier alpha value is -2.43. The van der Waals surface area contributed by atoms with Crippen molar-refractivity contribution in [1.29, 1.82) is 0 Å². The van der Waals surface area contributed by atoms with Crippen LogP contribution in [0.4, 0.5) is 11.4 Å². The maximum absolute atomic E-state index is 6.10. The molecule has 0 spiro atoms. The third-order valence-electron chi connectivity index (χ3n) is 2.75. The van der Waals surface area contributed by atoms with Gasteiger partial charge in [-0.05, 0) is 24.3 Å². The van der Waals surface area contributed by atoms with Gasteiger partial charge in [-0.25, -0.2) is 4.99 Å². The SMILES string of the molecule is NC1=c2ccoc2=NCN1c1cccc(N)c1. The van der Waals surface area contributed by atoms with Crippen molar-refractivity contribution in [1.82, 2.24) is 0 Å². The van der Waals surface area contributed by atoms with Gasteiger partial charge in [-0.3, -0.25) is 0 Å². The van der Waals surface area contributed by atoms with Crippen molar-refractivity contribution in [2.24, 2.45) is 10.7 Å². The van der Waals surface area contributed by atoms with Crippen LogP contribution in [0.1, 0.15) is 0 Å². The Bertz CT molecular complexity index is 674. The zero-order valence-electron chi connectivity index (χ0n) is 9.13. The molecule has 5 nitrogen and oxygen atoms in total. The zero-order valence-corrected chi connectivity index (χ0v) is 9.13. The topological polar surface area (TPSA) is 80.8 Å². The number of nitrogen functional groups attached to an aromatic ring is 1. The molecule has 3 rings (SSSR count). The van der Waals surface area contributed by atoms with E-state index in [0.717, 1.165) is 10.9 Å². The standard InChI is InChI=1S/C12H12N4O/c13-8-2-1-3-9(6-8)16-7-15-12-10(11(16)14)4-5-17-12/h1-6H,7,13-14H2. The molecular formula is C12H12N4O. The van der Waals surface area contributed by atoms with Crippen molar-refractivity contribution >= 4 is 17.2 Å². The zero-order chi connectivity index (χ0) is 11.8. The fourth-order valence-electron chi connectivity index (χ4n) is 1.89. The number of furan rings is 1. The van der Waals surface area contributed by atoms with Crippen molar-refractivity contribution in [3.63, 3.8) is 0 Å². The number of nitrogens with two attached hydrogens (primary N) is 2. The summed E-state index contributed by atoms with van der Waals surface area (Å²) in [6, 6.07) is 9.36. The smallest absolute Gasteiger partial charge is 0.226 e. The first-order valence-electron chi connectivity index (χ1n) is 5.26. The Kier molecular flexibility index (Phi) is 2.04. The van der Waals surface area contributed by atoms with E-state index in [1.165, 1.54) is 0 Å². The monoisotopic (exact) mass is 228 g/mol. The second-order valence-corrected chi connectivity index (χ2v) is 3.85. The minimum atomic E-state index is 0.440. The molecule has 17 heavy (non-hydrogen) atoms. The minimum absolute atomic E-state index is 0.440. The number of nitrogens with zero attached hydrogens (tertiary/aromatic N) is 2. The summed E-state index contributed by atoms with van der Waals surface area (Å²) in [5.41, 5.74) is 14.1. The molecule has 5 heteroatoms. The van der Waals surface area contributed by atoms with E-state index in [1.807, 2.05) is 35.2 Å². The van der Waals surface area contributed by atoms with E-state index in [9.17, 15) is 0 Å². The summed E-state index contributed by atoms with van der Waals surface area (Å²) in [6.07, 6.45) is 1.59. The number of hydrogen-bond acceptors (Lipinski definition) is 5. The van der Waals surface area contributed by atoms with Gasteiger partial charge in [-0.15, -0.1) is 0 Å². The van der Waals surface area contributed by atoms with Gasteiger partial charge >= 0.3 is 0 Å². The molecule has 1 aliphatic heterocycles. The van der Waals surface area contributed by atoms with Gasteiger partial charge < -0.3 is 20.8 Å². The van der Waals surface area contributed by atoms with Crippen molar-refractivity contribution in [3.8, 4) is 0 Å². The van der Waals surface area contributed by atoms with E-state index in [1.54, 1.807) is 6.26 Å². The van der Waals surface area contributed by atoms with E-state index in [4.69, 9.17) is 15.9 Å². The summed E-state index contributed by atoms with van der Waals surface area (Å²) in [7, 11) is 0. The Morgan fingerprint density at radius 2 is 2.12 bits per heavy atom. The van der Waals surface area contributed by atoms with Gasteiger partial charge in [-0.1, -0.05) is 6.07 Å². The maximum Gasteiger partial charge on any atom is 0.226 e. The molecule has 2 aromatic rings. The number of rotatable bonds is 1. The van der Waals surface area contributed by atoms with Crippen LogP contribution in [-0.2, 0) is 0 Å². The highest BCUT2D eigenvalue weighted by Gasteiger charge is 2.14. The molecule has 0 atom stereocenters. The first-order valence-corrected chi connectivity index (χ1v) is 5.26. The van der Waals surface area contributed by atoms with E-state index in [2.05, 4.69) is 4.99 Å². The largest absolute Gasteiger partial charge is 0.446 e. The van der Waals surface area contributed by atoms with Crippen LogP contribution in [0.15, 0.2) is 46.0 Å². The minimum Gasteiger partial charge on any atom is -0.446 e. The van der Waals surface area contributed by atoms with Gasteiger partial charge in [0.1, 0.15) is 12.5 Å². The Morgan fingerprint density at radius 3 is 2.94 bits per heavy atom. The van der Waals surface area contributed by atoms with E-state index < -0.39 is 0 Å². The van der Waals surface area contributed by atoms with E-state index >= 15 is 0 Å². The molecule has 0 radical (unpaired) electrons. The molecule has 0 bridgehead atoms. The number of hydrogen-bond donors (Lipinski definition) is 2. The first kappa shape index (κ1) is 9.77. The lowest BCUT2D eigenvalue weighted by Gasteiger charge is -2.24. The average Bonchev–Trinajstić information content (AvgIpc) is 2.78. The van der Waals surface area contributed by atoms with E-state index in [-0.39, 0.29) is 0 Å². The van der Waals surface area contributed by atoms with Crippen LogP contribution in [0.3, 0.4) is 0 Å². The number of benzene rings is 1. The number of anilines is 2.